The van der Waals surface area contributed by atoms with Crippen molar-refractivity contribution in [3.05, 3.63) is 63.9 Å². The monoisotopic (exact) mass is 352 g/mol. The summed E-state index contributed by atoms with van der Waals surface area (Å²) in [5.74, 6) is -0.442. The minimum absolute atomic E-state index is 0.0667. The molecule has 0 aliphatic carbocycles. The third-order valence-electron chi connectivity index (χ3n) is 3.95. The van der Waals surface area contributed by atoms with Gasteiger partial charge in [-0.2, -0.15) is 0 Å². The van der Waals surface area contributed by atoms with E-state index in [1.165, 1.54) is 18.2 Å². The van der Waals surface area contributed by atoms with Gasteiger partial charge in [0.2, 0.25) is 0 Å². The molecule has 2 amide bonds. The van der Waals surface area contributed by atoms with Crippen LogP contribution in [0.5, 0.6) is 0 Å². The molecule has 1 heterocycles. The van der Waals surface area contributed by atoms with Crippen molar-refractivity contribution in [1.82, 2.24) is 4.90 Å². The summed E-state index contributed by atoms with van der Waals surface area (Å²) in [5.41, 5.74) is 1.33. The van der Waals surface area contributed by atoms with Gasteiger partial charge in [-0.3, -0.25) is 0 Å². The number of nitrogens with zero attached hydrogens (tertiary/aromatic N) is 1. The van der Waals surface area contributed by atoms with Gasteiger partial charge < -0.3 is 10.2 Å². The lowest BCUT2D eigenvalue weighted by molar-refractivity contribution is 0.207. The van der Waals surface area contributed by atoms with Gasteiger partial charge in [0.25, 0.3) is 0 Å². The molecule has 6 heteroatoms. The molecule has 3 rings (SSSR count). The second-order valence-electron chi connectivity index (χ2n) is 5.43. The summed E-state index contributed by atoms with van der Waals surface area (Å²) >= 11 is 12.2. The first-order chi connectivity index (χ1) is 11.1. The number of benzene rings is 2. The first kappa shape index (κ1) is 16.1. The highest BCUT2D eigenvalue weighted by molar-refractivity contribution is 6.33. The molecule has 0 spiro atoms. The maximum atomic E-state index is 13.1. The first-order valence-electron chi connectivity index (χ1n) is 7.33. The Bertz CT molecular complexity index is 738. The van der Waals surface area contributed by atoms with E-state index in [0.717, 1.165) is 18.4 Å². The van der Waals surface area contributed by atoms with Gasteiger partial charge in [0.1, 0.15) is 5.82 Å². The van der Waals surface area contributed by atoms with E-state index in [4.69, 9.17) is 23.2 Å². The second kappa shape index (κ2) is 6.77. The SMILES string of the molecule is O=C(Nc1ccc(F)cc1Cl)N1CCCC1c1ccccc1Cl. The number of anilines is 1. The largest absolute Gasteiger partial charge is 0.322 e. The molecule has 1 aliphatic rings. The normalized spacial score (nSPS) is 17.3. The van der Waals surface area contributed by atoms with Crippen LogP contribution in [0.3, 0.4) is 0 Å². The van der Waals surface area contributed by atoms with E-state index in [0.29, 0.717) is 17.3 Å². The highest BCUT2D eigenvalue weighted by Gasteiger charge is 2.31. The summed E-state index contributed by atoms with van der Waals surface area (Å²) in [5, 5.41) is 3.57. The minimum atomic E-state index is -0.442. The van der Waals surface area contributed by atoms with E-state index < -0.39 is 5.82 Å². The summed E-state index contributed by atoms with van der Waals surface area (Å²) in [6, 6.07) is 11.1. The highest BCUT2D eigenvalue weighted by atomic mass is 35.5. The van der Waals surface area contributed by atoms with Crippen molar-refractivity contribution in [2.75, 3.05) is 11.9 Å². The lowest BCUT2D eigenvalue weighted by atomic mass is 10.0. The van der Waals surface area contributed by atoms with Crippen LogP contribution in [-0.2, 0) is 0 Å². The molecule has 1 unspecified atom stereocenters. The maximum Gasteiger partial charge on any atom is 0.322 e. The van der Waals surface area contributed by atoms with E-state index in [9.17, 15) is 9.18 Å². The number of nitrogens with one attached hydrogen (secondary N) is 1. The van der Waals surface area contributed by atoms with Gasteiger partial charge in [-0.05, 0) is 42.7 Å². The lowest BCUT2D eigenvalue weighted by Crippen LogP contribution is -2.34. The van der Waals surface area contributed by atoms with Crippen LogP contribution >= 0.6 is 23.2 Å². The fraction of sp³-hybridized carbons (Fsp3) is 0.235. The van der Waals surface area contributed by atoms with Gasteiger partial charge >= 0.3 is 6.03 Å². The Kier molecular flexibility index (Phi) is 4.74. The van der Waals surface area contributed by atoms with Crippen LogP contribution in [0.4, 0.5) is 14.9 Å². The van der Waals surface area contributed by atoms with Crippen molar-refractivity contribution in [2.45, 2.75) is 18.9 Å². The van der Waals surface area contributed by atoms with Crippen LogP contribution in [0.15, 0.2) is 42.5 Å². The van der Waals surface area contributed by atoms with Crippen LogP contribution in [-0.4, -0.2) is 17.5 Å². The number of hydrogen-bond donors (Lipinski definition) is 1. The number of rotatable bonds is 2. The molecule has 1 saturated heterocycles. The van der Waals surface area contributed by atoms with Crippen LogP contribution in [0.25, 0.3) is 0 Å². The fourth-order valence-corrected chi connectivity index (χ4v) is 3.33. The number of hydrogen-bond acceptors (Lipinski definition) is 1. The Morgan fingerprint density at radius 3 is 2.70 bits per heavy atom. The summed E-state index contributed by atoms with van der Waals surface area (Å²) < 4.78 is 13.1. The van der Waals surface area contributed by atoms with Crippen molar-refractivity contribution < 1.29 is 9.18 Å². The van der Waals surface area contributed by atoms with Gasteiger partial charge in [0, 0.05) is 11.6 Å². The zero-order valence-electron chi connectivity index (χ0n) is 12.2. The van der Waals surface area contributed by atoms with Gasteiger partial charge in [0.05, 0.1) is 16.8 Å². The third-order valence-corrected chi connectivity index (χ3v) is 4.61. The number of carbonyl (C=O) groups excluding carboxylic acids is 1. The number of amides is 2. The maximum absolute atomic E-state index is 13.1. The standard InChI is InChI=1S/C17H15Cl2FN2O/c18-13-5-2-1-4-12(13)16-6-3-9-22(16)17(23)21-15-8-7-11(20)10-14(15)19/h1-2,4-5,7-8,10,16H,3,6,9H2,(H,21,23). The topological polar surface area (TPSA) is 32.3 Å². The van der Waals surface area contributed by atoms with Gasteiger partial charge in [-0.1, -0.05) is 41.4 Å². The molecule has 1 N–H and O–H groups in total. The van der Waals surface area contributed by atoms with Crippen molar-refractivity contribution in [3.63, 3.8) is 0 Å². The molecule has 120 valence electrons. The minimum Gasteiger partial charge on any atom is -0.317 e. The molecule has 0 bridgehead atoms. The van der Waals surface area contributed by atoms with Crippen LogP contribution in [0, 0.1) is 5.82 Å². The van der Waals surface area contributed by atoms with Crippen LogP contribution < -0.4 is 5.32 Å². The second-order valence-corrected chi connectivity index (χ2v) is 6.24. The highest BCUT2D eigenvalue weighted by Crippen LogP contribution is 2.36. The average Bonchev–Trinajstić information content (AvgIpc) is 3.00. The molecular formula is C17H15Cl2FN2O. The Balaban J connectivity index is 1.80. The molecule has 1 fully saturated rings. The zero-order chi connectivity index (χ0) is 16.4. The summed E-state index contributed by atoms with van der Waals surface area (Å²) in [6.07, 6.45) is 1.76. The molecule has 0 radical (unpaired) electrons. The Hall–Kier alpha value is -1.78. The predicted octanol–water partition coefficient (Wildman–Crippen LogP) is 5.50. The van der Waals surface area contributed by atoms with Gasteiger partial charge in [-0.25, -0.2) is 9.18 Å². The number of carbonyl (C=O) groups is 1. The number of urea groups is 1. The Morgan fingerprint density at radius 1 is 1.17 bits per heavy atom. The summed E-state index contributed by atoms with van der Waals surface area (Å²) in [6.45, 7) is 0.639. The Labute approximate surface area is 144 Å². The van der Waals surface area contributed by atoms with Crippen molar-refractivity contribution in [1.29, 1.82) is 0 Å². The first-order valence-corrected chi connectivity index (χ1v) is 8.09. The Morgan fingerprint density at radius 2 is 1.96 bits per heavy atom. The molecule has 0 aromatic heterocycles. The van der Waals surface area contributed by atoms with Crippen molar-refractivity contribution in [3.8, 4) is 0 Å². The molecule has 0 saturated carbocycles. The molecule has 3 nitrogen and oxygen atoms in total. The molecule has 1 aliphatic heterocycles. The van der Waals surface area contributed by atoms with E-state index in [-0.39, 0.29) is 17.1 Å². The lowest BCUT2D eigenvalue weighted by Gasteiger charge is -2.26. The molecule has 23 heavy (non-hydrogen) atoms. The fourth-order valence-electron chi connectivity index (χ4n) is 2.86. The van der Waals surface area contributed by atoms with E-state index in [1.807, 2.05) is 24.3 Å². The smallest absolute Gasteiger partial charge is 0.317 e. The van der Waals surface area contributed by atoms with Crippen molar-refractivity contribution >= 4 is 34.9 Å². The van der Waals surface area contributed by atoms with Gasteiger partial charge in [0.15, 0.2) is 0 Å². The predicted molar refractivity (Wildman–Crippen MR) is 90.6 cm³/mol. The average molecular weight is 353 g/mol. The van der Waals surface area contributed by atoms with E-state index in [2.05, 4.69) is 5.32 Å². The summed E-state index contributed by atoms with van der Waals surface area (Å²) in [7, 11) is 0. The quantitative estimate of drug-likeness (QED) is 0.760. The van der Waals surface area contributed by atoms with E-state index >= 15 is 0 Å². The summed E-state index contributed by atoms with van der Waals surface area (Å²) in [4.78, 5) is 14.3. The molecular weight excluding hydrogens is 338 g/mol. The van der Waals surface area contributed by atoms with E-state index in [1.54, 1.807) is 4.90 Å². The van der Waals surface area contributed by atoms with Crippen molar-refractivity contribution in [2.24, 2.45) is 0 Å². The zero-order valence-corrected chi connectivity index (χ0v) is 13.7. The molecule has 1 atom stereocenters. The molecule has 2 aromatic rings. The number of likely N-dealkylation sites (tertiary alicyclic amines) is 1. The molecule has 2 aromatic carbocycles. The third kappa shape index (κ3) is 3.43. The van der Waals surface area contributed by atoms with Gasteiger partial charge in [-0.15, -0.1) is 0 Å². The van der Waals surface area contributed by atoms with Crippen LogP contribution in [0.2, 0.25) is 10.0 Å². The number of halogens is 3. The van der Waals surface area contributed by atoms with Crippen LogP contribution in [0.1, 0.15) is 24.4 Å².